The number of aryl methyl sites for hydroxylation is 1. The van der Waals surface area contributed by atoms with Crippen molar-refractivity contribution >= 4 is 17.1 Å². The van der Waals surface area contributed by atoms with Gasteiger partial charge in [-0.3, -0.25) is 0 Å². The molecule has 4 rings (SSSR count). The Morgan fingerprint density at radius 1 is 1.12 bits per heavy atom. The minimum atomic E-state index is 0.601. The second-order valence-electron chi connectivity index (χ2n) is 7.05. The van der Waals surface area contributed by atoms with Crippen LogP contribution in [0.25, 0.3) is 11.2 Å². The second-order valence-corrected chi connectivity index (χ2v) is 7.05. The van der Waals surface area contributed by atoms with Gasteiger partial charge in [0.2, 0.25) is 5.95 Å². The van der Waals surface area contributed by atoms with Gasteiger partial charge in [-0.05, 0) is 37.7 Å². The van der Waals surface area contributed by atoms with E-state index in [4.69, 9.17) is 4.98 Å². The summed E-state index contributed by atoms with van der Waals surface area (Å²) in [7, 11) is 4.29. The molecule has 1 aromatic carbocycles. The van der Waals surface area contributed by atoms with Crippen molar-refractivity contribution in [2.24, 2.45) is 0 Å². The van der Waals surface area contributed by atoms with Crippen LogP contribution in [0.3, 0.4) is 0 Å². The van der Waals surface area contributed by atoms with Crippen LogP contribution in [-0.4, -0.2) is 52.7 Å². The average molecular weight is 335 g/mol. The molecule has 1 fully saturated rings. The Balaban J connectivity index is 1.74. The van der Waals surface area contributed by atoms with Crippen molar-refractivity contribution in [3.63, 3.8) is 0 Å². The molecule has 5 nitrogen and oxygen atoms in total. The second kappa shape index (κ2) is 6.48. The van der Waals surface area contributed by atoms with Crippen LogP contribution in [0.5, 0.6) is 0 Å². The molecule has 0 radical (unpaired) electrons. The number of rotatable bonds is 5. The van der Waals surface area contributed by atoms with Gasteiger partial charge in [-0.1, -0.05) is 37.3 Å². The van der Waals surface area contributed by atoms with E-state index in [0.717, 1.165) is 43.2 Å². The zero-order valence-electron chi connectivity index (χ0n) is 15.2. The topological polar surface area (TPSA) is 37.2 Å². The van der Waals surface area contributed by atoms with E-state index in [9.17, 15) is 0 Å². The van der Waals surface area contributed by atoms with Gasteiger partial charge < -0.3 is 14.4 Å². The summed E-state index contributed by atoms with van der Waals surface area (Å²) in [5.41, 5.74) is 4.51. The molecule has 0 spiro atoms. The van der Waals surface area contributed by atoms with Gasteiger partial charge in [-0.2, -0.15) is 4.98 Å². The first-order valence-corrected chi connectivity index (χ1v) is 8.96. The highest BCUT2D eigenvalue weighted by atomic mass is 15.4. The van der Waals surface area contributed by atoms with Gasteiger partial charge in [0, 0.05) is 25.3 Å². The third-order valence-electron chi connectivity index (χ3n) is 5.11. The molecule has 130 valence electrons. The minimum Gasteiger partial charge on any atom is -0.339 e. The molecule has 25 heavy (non-hydrogen) atoms. The predicted octanol–water partition coefficient (Wildman–Crippen LogP) is 2.79. The first-order chi connectivity index (χ1) is 12.2. The van der Waals surface area contributed by atoms with Crippen LogP contribution in [-0.2, 0) is 13.0 Å². The Labute approximate surface area is 148 Å². The lowest BCUT2D eigenvalue weighted by molar-refractivity contribution is 0.244. The molecule has 2 aromatic heterocycles. The highest BCUT2D eigenvalue weighted by molar-refractivity contribution is 5.76. The number of aromatic nitrogens is 3. The summed E-state index contributed by atoms with van der Waals surface area (Å²) in [6.07, 6.45) is 2.94. The van der Waals surface area contributed by atoms with Crippen molar-refractivity contribution in [3.8, 4) is 0 Å². The highest BCUT2D eigenvalue weighted by Crippen LogP contribution is 2.28. The molecule has 0 unspecified atom stereocenters. The Morgan fingerprint density at radius 3 is 2.56 bits per heavy atom. The molecule has 1 aliphatic heterocycles. The van der Waals surface area contributed by atoms with Gasteiger partial charge >= 0.3 is 0 Å². The first kappa shape index (κ1) is 16.1. The fourth-order valence-electron chi connectivity index (χ4n) is 3.34. The van der Waals surface area contributed by atoms with E-state index in [-0.39, 0.29) is 0 Å². The van der Waals surface area contributed by atoms with Crippen LogP contribution in [0, 0.1) is 0 Å². The average Bonchev–Trinajstić information content (AvgIpc) is 2.91. The van der Waals surface area contributed by atoms with Crippen LogP contribution in [0.4, 0.5) is 5.95 Å². The van der Waals surface area contributed by atoms with Crippen LogP contribution >= 0.6 is 0 Å². The van der Waals surface area contributed by atoms with Gasteiger partial charge in [0.05, 0.1) is 12.1 Å². The number of benzene rings is 1. The molecule has 5 heteroatoms. The Hall–Kier alpha value is -2.40. The van der Waals surface area contributed by atoms with Crippen molar-refractivity contribution in [1.29, 1.82) is 0 Å². The summed E-state index contributed by atoms with van der Waals surface area (Å²) < 4.78 is 2.32. The normalized spacial score (nSPS) is 15.1. The quantitative estimate of drug-likeness (QED) is 0.718. The van der Waals surface area contributed by atoms with Crippen molar-refractivity contribution in [2.45, 2.75) is 25.9 Å². The molecule has 0 bridgehead atoms. The van der Waals surface area contributed by atoms with E-state index in [2.05, 4.69) is 76.8 Å². The SMILES string of the molecule is CCc1cnc2nc(N3CC(N(C)C)C3)n(Cc3ccccc3)c2c1. The van der Waals surface area contributed by atoms with Crippen LogP contribution < -0.4 is 4.90 Å². The maximum atomic E-state index is 4.86. The molecule has 0 atom stereocenters. The van der Waals surface area contributed by atoms with E-state index >= 15 is 0 Å². The van der Waals surface area contributed by atoms with Gasteiger partial charge in [0.25, 0.3) is 0 Å². The number of anilines is 1. The van der Waals surface area contributed by atoms with Gasteiger partial charge in [0.15, 0.2) is 5.65 Å². The summed E-state index contributed by atoms with van der Waals surface area (Å²) in [5.74, 6) is 1.04. The smallest absolute Gasteiger partial charge is 0.208 e. The molecule has 0 N–H and O–H groups in total. The maximum absolute atomic E-state index is 4.86. The summed E-state index contributed by atoms with van der Waals surface area (Å²) in [6, 6.07) is 13.4. The number of fused-ring (bicyclic) bond motifs is 1. The third kappa shape index (κ3) is 3.00. The Kier molecular flexibility index (Phi) is 4.17. The lowest BCUT2D eigenvalue weighted by Gasteiger charge is -2.43. The Bertz CT molecular complexity index is 862. The minimum absolute atomic E-state index is 0.601. The number of hydrogen-bond acceptors (Lipinski definition) is 4. The number of nitrogens with zero attached hydrogens (tertiary/aromatic N) is 5. The first-order valence-electron chi connectivity index (χ1n) is 8.96. The molecule has 3 aromatic rings. The van der Waals surface area contributed by atoms with Crippen molar-refractivity contribution < 1.29 is 0 Å². The lowest BCUT2D eigenvalue weighted by Crippen LogP contribution is -2.58. The largest absolute Gasteiger partial charge is 0.339 e. The predicted molar refractivity (Wildman–Crippen MR) is 102 cm³/mol. The van der Waals surface area contributed by atoms with E-state index < -0.39 is 0 Å². The van der Waals surface area contributed by atoms with Crippen LogP contribution in [0.15, 0.2) is 42.6 Å². The van der Waals surface area contributed by atoms with E-state index in [1.54, 1.807) is 0 Å². The van der Waals surface area contributed by atoms with Gasteiger partial charge in [-0.15, -0.1) is 0 Å². The van der Waals surface area contributed by atoms with E-state index in [0.29, 0.717) is 6.04 Å². The molecule has 0 amide bonds. The summed E-state index contributed by atoms with van der Waals surface area (Å²) in [4.78, 5) is 14.1. The summed E-state index contributed by atoms with van der Waals surface area (Å²) in [6.45, 7) is 5.03. The Morgan fingerprint density at radius 2 is 1.88 bits per heavy atom. The fourth-order valence-corrected chi connectivity index (χ4v) is 3.34. The van der Waals surface area contributed by atoms with E-state index in [1.165, 1.54) is 11.1 Å². The molecular weight excluding hydrogens is 310 g/mol. The van der Waals surface area contributed by atoms with Crippen LogP contribution in [0.2, 0.25) is 0 Å². The zero-order chi connectivity index (χ0) is 17.4. The lowest BCUT2D eigenvalue weighted by atomic mass is 10.1. The number of imidazole rings is 1. The molecule has 0 saturated carbocycles. The fraction of sp³-hybridized carbons (Fsp3) is 0.400. The van der Waals surface area contributed by atoms with Gasteiger partial charge in [0.1, 0.15) is 0 Å². The standard InChI is InChI=1S/C20H25N5/c1-4-15-10-18-19(21-11-15)22-20(24-13-17(14-24)23(2)3)25(18)12-16-8-6-5-7-9-16/h5-11,17H,4,12-14H2,1-3H3. The molecule has 0 aliphatic carbocycles. The number of hydrogen-bond donors (Lipinski definition) is 0. The maximum Gasteiger partial charge on any atom is 0.208 e. The van der Waals surface area contributed by atoms with E-state index in [1.807, 2.05) is 6.20 Å². The molecule has 1 aliphatic rings. The third-order valence-corrected chi connectivity index (χ3v) is 5.11. The monoisotopic (exact) mass is 335 g/mol. The molecular formula is C20H25N5. The number of pyridine rings is 1. The molecule has 3 heterocycles. The van der Waals surface area contributed by atoms with Gasteiger partial charge in [-0.25, -0.2) is 4.98 Å². The van der Waals surface area contributed by atoms with Crippen LogP contribution in [0.1, 0.15) is 18.1 Å². The molecule has 1 saturated heterocycles. The number of likely N-dealkylation sites (N-methyl/N-ethyl adjacent to an activating group) is 1. The van der Waals surface area contributed by atoms with Crippen molar-refractivity contribution in [1.82, 2.24) is 19.4 Å². The zero-order valence-corrected chi connectivity index (χ0v) is 15.2. The highest BCUT2D eigenvalue weighted by Gasteiger charge is 2.32. The van der Waals surface area contributed by atoms with Crippen molar-refractivity contribution in [2.75, 3.05) is 32.1 Å². The summed E-state index contributed by atoms with van der Waals surface area (Å²) >= 11 is 0. The van der Waals surface area contributed by atoms with Crippen molar-refractivity contribution in [3.05, 3.63) is 53.7 Å². The summed E-state index contributed by atoms with van der Waals surface area (Å²) in [5, 5.41) is 0.